The molecule has 1 aromatic rings. The van der Waals surface area contributed by atoms with E-state index >= 15 is 0 Å². The van der Waals surface area contributed by atoms with Crippen LogP contribution in [0.4, 0.5) is 13.2 Å². The first-order chi connectivity index (χ1) is 10.6. The van der Waals surface area contributed by atoms with Crippen molar-refractivity contribution in [2.24, 2.45) is 11.7 Å². The molecule has 138 valence electrons. The number of sulfonamides is 1. The molecule has 2 N–H and O–H groups in total. The second kappa shape index (κ2) is 8.27. The molecule has 1 aliphatic rings. The van der Waals surface area contributed by atoms with Crippen LogP contribution in [0, 0.1) is 5.92 Å². The van der Waals surface area contributed by atoms with Crippen LogP contribution < -0.4 is 5.73 Å². The van der Waals surface area contributed by atoms with E-state index in [-0.39, 0.29) is 40.0 Å². The average molecular weight is 405 g/mol. The number of hydrogen-bond donors (Lipinski definition) is 1. The van der Waals surface area contributed by atoms with Gasteiger partial charge >= 0.3 is 5.51 Å². The maximum absolute atomic E-state index is 12.5. The number of nitrogens with zero attached hydrogens (tertiary/aromatic N) is 1. The van der Waals surface area contributed by atoms with E-state index in [9.17, 15) is 21.6 Å². The maximum Gasteiger partial charge on any atom is 0.446 e. The Bertz CT molecular complexity index is 628. The summed E-state index contributed by atoms with van der Waals surface area (Å²) in [4.78, 5) is -0.0182. The Morgan fingerprint density at radius 2 is 1.71 bits per heavy atom. The second-order valence-electron chi connectivity index (χ2n) is 5.62. The van der Waals surface area contributed by atoms with E-state index < -0.39 is 15.5 Å². The highest BCUT2D eigenvalue weighted by Gasteiger charge is 2.32. The van der Waals surface area contributed by atoms with Gasteiger partial charge in [0.2, 0.25) is 10.0 Å². The van der Waals surface area contributed by atoms with Crippen LogP contribution in [0.15, 0.2) is 34.1 Å². The zero-order valence-corrected chi connectivity index (χ0v) is 15.4. The third-order valence-corrected chi connectivity index (χ3v) is 6.59. The molecule has 0 bridgehead atoms. The van der Waals surface area contributed by atoms with E-state index in [0.29, 0.717) is 31.8 Å². The van der Waals surface area contributed by atoms with Crippen LogP contribution in [-0.4, -0.2) is 37.4 Å². The molecule has 10 heteroatoms. The SMILES string of the molecule is CC(N)C1CCN(S(=O)(=O)c2ccc(SC(F)(F)F)cc2)CC1.Cl. The molecule has 0 amide bonds. The minimum Gasteiger partial charge on any atom is -0.328 e. The van der Waals surface area contributed by atoms with Crippen LogP contribution >= 0.6 is 24.2 Å². The monoisotopic (exact) mass is 404 g/mol. The van der Waals surface area contributed by atoms with E-state index in [2.05, 4.69) is 0 Å². The third kappa shape index (κ3) is 5.52. The van der Waals surface area contributed by atoms with Gasteiger partial charge < -0.3 is 5.73 Å². The molecule has 24 heavy (non-hydrogen) atoms. The first kappa shape index (κ1) is 21.6. The van der Waals surface area contributed by atoms with Crippen molar-refractivity contribution in [2.75, 3.05) is 13.1 Å². The average Bonchev–Trinajstić information content (AvgIpc) is 2.46. The minimum atomic E-state index is -4.39. The van der Waals surface area contributed by atoms with Gasteiger partial charge in [-0.25, -0.2) is 8.42 Å². The Hall–Kier alpha value is -0.480. The molecule has 0 aliphatic carbocycles. The standard InChI is InChI=1S/C14H19F3N2O2S2.ClH/c1-10(18)11-6-8-19(9-7-11)23(20,21)13-4-2-12(3-5-13)22-14(15,16)17;/h2-5,10-11H,6-9,18H2,1H3;1H. The summed E-state index contributed by atoms with van der Waals surface area (Å²) in [6, 6.07) is 4.83. The Morgan fingerprint density at radius 1 is 1.21 bits per heavy atom. The summed E-state index contributed by atoms with van der Waals surface area (Å²) in [5.74, 6) is 0.298. The van der Waals surface area contributed by atoms with Gasteiger partial charge in [-0.2, -0.15) is 17.5 Å². The topological polar surface area (TPSA) is 63.4 Å². The summed E-state index contributed by atoms with van der Waals surface area (Å²) < 4.78 is 63.3. The molecule has 1 fully saturated rings. The van der Waals surface area contributed by atoms with Crippen molar-refractivity contribution in [2.45, 2.75) is 41.1 Å². The third-order valence-electron chi connectivity index (χ3n) is 3.94. The van der Waals surface area contributed by atoms with Gasteiger partial charge in [0, 0.05) is 24.0 Å². The molecule has 2 rings (SSSR count). The van der Waals surface area contributed by atoms with Crippen LogP contribution in [0.3, 0.4) is 0 Å². The van der Waals surface area contributed by atoms with Crippen LogP contribution in [0.2, 0.25) is 0 Å². The summed E-state index contributed by atoms with van der Waals surface area (Å²) in [6.07, 6.45) is 1.39. The van der Waals surface area contributed by atoms with E-state index in [1.54, 1.807) is 0 Å². The van der Waals surface area contributed by atoms with Gasteiger partial charge in [0.25, 0.3) is 0 Å². The Labute approximate surface area is 150 Å². The molecule has 1 atom stereocenters. The zero-order chi connectivity index (χ0) is 17.3. The Balaban J connectivity index is 0.00000288. The highest BCUT2D eigenvalue weighted by atomic mass is 35.5. The van der Waals surface area contributed by atoms with Crippen molar-refractivity contribution in [1.82, 2.24) is 4.31 Å². The van der Waals surface area contributed by atoms with Crippen LogP contribution in [0.1, 0.15) is 19.8 Å². The first-order valence-electron chi connectivity index (χ1n) is 7.21. The van der Waals surface area contributed by atoms with Crippen LogP contribution in [-0.2, 0) is 10.0 Å². The molecule has 1 aliphatic heterocycles. The summed E-state index contributed by atoms with van der Waals surface area (Å²) in [7, 11) is -3.67. The molecule has 4 nitrogen and oxygen atoms in total. The van der Waals surface area contributed by atoms with Crippen molar-refractivity contribution >= 4 is 34.2 Å². The number of alkyl halides is 3. The van der Waals surface area contributed by atoms with Gasteiger partial charge in [-0.05, 0) is 61.7 Å². The summed E-state index contributed by atoms with van der Waals surface area (Å²) in [5.41, 5.74) is 1.45. The predicted molar refractivity (Wildman–Crippen MR) is 90.7 cm³/mol. The van der Waals surface area contributed by atoms with Crippen molar-refractivity contribution < 1.29 is 21.6 Å². The smallest absolute Gasteiger partial charge is 0.328 e. The van der Waals surface area contributed by atoms with E-state index in [1.165, 1.54) is 28.6 Å². The predicted octanol–water partition coefficient (Wildman–Crippen LogP) is 3.47. The lowest BCUT2D eigenvalue weighted by Gasteiger charge is -2.32. The number of rotatable bonds is 4. The maximum atomic E-state index is 12.5. The number of thioether (sulfide) groups is 1. The van der Waals surface area contributed by atoms with E-state index in [0.717, 1.165) is 0 Å². The lowest BCUT2D eigenvalue weighted by atomic mass is 9.92. The number of hydrogen-bond acceptors (Lipinski definition) is 4. The molecule has 0 spiro atoms. The van der Waals surface area contributed by atoms with Gasteiger partial charge in [0.15, 0.2) is 0 Å². The van der Waals surface area contributed by atoms with Gasteiger partial charge in [-0.3, -0.25) is 0 Å². The molecule has 1 unspecified atom stereocenters. The van der Waals surface area contributed by atoms with Crippen molar-refractivity contribution in [3.63, 3.8) is 0 Å². The molecule has 0 radical (unpaired) electrons. The molecule has 1 heterocycles. The summed E-state index contributed by atoms with van der Waals surface area (Å²) in [5, 5.41) is 0. The fourth-order valence-electron chi connectivity index (χ4n) is 2.60. The fourth-order valence-corrected chi connectivity index (χ4v) is 4.61. The van der Waals surface area contributed by atoms with Gasteiger partial charge in [0.05, 0.1) is 4.90 Å². The quantitative estimate of drug-likeness (QED) is 0.780. The van der Waals surface area contributed by atoms with Crippen molar-refractivity contribution in [3.8, 4) is 0 Å². The second-order valence-corrected chi connectivity index (χ2v) is 8.70. The van der Waals surface area contributed by atoms with Crippen molar-refractivity contribution in [1.29, 1.82) is 0 Å². The highest BCUT2D eigenvalue weighted by molar-refractivity contribution is 8.00. The molecule has 0 aromatic heterocycles. The van der Waals surface area contributed by atoms with Crippen molar-refractivity contribution in [3.05, 3.63) is 24.3 Å². The Morgan fingerprint density at radius 3 is 2.12 bits per heavy atom. The zero-order valence-electron chi connectivity index (χ0n) is 13.0. The van der Waals surface area contributed by atoms with Crippen LogP contribution in [0.5, 0.6) is 0 Å². The lowest BCUT2D eigenvalue weighted by molar-refractivity contribution is -0.0328. The Kier molecular flexibility index (Phi) is 7.43. The van der Waals surface area contributed by atoms with Gasteiger partial charge in [-0.1, -0.05) is 0 Å². The summed E-state index contributed by atoms with van der Waals surface area (Å²) in [6.45, 7) is 2.67. The van der Waals surface area contributed by atoms with Gasteiger partial charge in [0.1, 0.15) is 0 Å². The summed E-state index contributed by atoms with van der Waals surface area (Å²) >= 11 is -0.263. The first-order valence-corrected chi connectivity index (χ1v) is 9.47. The minimum absolute atomic E-state index is 0. The van der Waals surface area contributed by atoms with E-state index in [1.807, 2.05) is 6.92 Å². The normalized spacial score (nSPS) is 18.9. The van der Waals surface area contributed by atoms with Gasteiger partial charge in [-0.15, -0.1) is 12.4 Å². The number of halogens is 4. The fraction of sp³-hybridized carbons (Fsp3) is 0.571. The number of nitrogens with two attached hydrogens (primary N) is 1. The number of piperidine rings is 1. The molecule has 1 aromatic carbocycles. The highest BCUT2D eigenvalue weighted by Crippen LogP contribution is 2.37. The molecular weight excluding hydrogens is 385 g/mol. The van der Waals surface area contributed by atoms with E-state index in [4.69, 9.17) is 5.73 Å². The molecular formula is C14H20ClF3N2O2S2. The largest absolute Gasteiger partial charge is 0.446 e. The molecule has 0 saturated carbocycles. The molecule has 1 saturated heterocycles. The lowest BCUT2D eigenvalue weighted by Crippen LogP contribution is -2.42. The number of benzene rings is 1. The van der Waals surface area contributed by atoms with Crippen LogP contribution in [0.25, 0.3) is 0 Å².